The molecule has 1 fully saturated rings. The average molecular weight is 320 g/mol. The van der Waals surface area contributed by atoms with Gasteiger partial charge in [-0.25, -0.2) is 0 Å². The summed E-state index contributed by atoms with van der Waals surface area (Å²) in [6.07, 6.45) is 3.33. The highest BCUT2D eigenvalue weighted by atomic mass is 16.5. The summed E-state index contributed by atoms with van der Waals surface area (Å²) in [6.45, 7) is 5.18. The number of amides is 1. The predicted molar refractivity (Wildman–Crippen MR) is 94.2 cm³/mol. The summed E-state index contributed by atoms with van der Waals surface area (Å²) in [7, 11) is 3.35. The van der Waals surface area contributed by atoms with E-state index in [9.17, 15) is 4.79 Å². The number of anilines is 2. The lowest BCUT2D eigenvalue weighted by atomic mass is 10.1. The van der Waals surface area contributed by atoms with Crippen molar-refractivity contribution < 1.29 is 9.53 Å². The monoisotopic (exact) mass is 320 g/mol. The summed E-state index contributed by atoms with van der Waals surface area (Å²) in [5.74, 6) is 0.404. The molecule has 23 heavy (non-hydrogen) atoms. The standard InChI is InChI=1S/C17H28N4O2/c1-4-21-8-6-5-7-12(11-21)20-17(22)13-9-14(18)15(19-2)10-16(13)23-3/h9-10,12,19H,4-8,11,18H2,1-3H3,(H,20,22). The van der Waals surface area contributed by atoms with E-state index in [1.54, 1.807) is 26.3 Å². The second kappa shape index (κ2) is 8.06. The summed E-state index contributed by atoms with van der Waals surface area (Å²) in [5, 5.41) is 6.14. The van der Waals surface area contributed by atoms with Crippen molar-refractivity contribution in [1.29, 1.82) is 0 Å². The summed E-state index contributed by atoms with van der Waals surface area (Å²) in [5.41, 5.74) is 7.76. The minimum Gasteiger partial charge on any atom is -0.496 e. The van der Waals surface area contributed by atoms with Crippen molar-refractivity contribution in [3.8, 4) is 5.75 Å². The zero-order valence-corrected chi connectivity index (χ0v) is 14.3. The van der Waals surface area contributed by atoms with Crippen molar-refractivity contribution in [2.24, 2.45) is 0 Å². The molecule has 1 aliphatic heterocycles. The van der Waals surface area contributed by atoms with Crippen LogP contribution in [0.1, 0.15) is 36.5 Å². The molecule has 2 rings (SSSR count). The minimum absolute atomic E-state index is 0.126. The number of benzene rings is 1. The first-order chi connectivity index (χ1) is 11.1. The Kier molecular flexibility index (Phi) is 6.10. The molecule has 128 valence electrons. The Morgan fingerprint density at radius 3 is 2.87 bits per heavy atom. The second-order valence-corrected chi connectivity index (χ2v) is 5.95. The number of ether oxygens (including phenoxy) is 1. The van der Waals surface area contributed by atoms with E-state index in [2.05, 4.69) is 22.5 Å². The third-order valence-electron chi connectivity index (χ3n) is 4.42. The third kappa shape index (κ3) is 4.28. The number of nitrogens with two attached hydrogens (primary N) is 1. The molecular formula is C17H28N4O2. The molecule has 1 aromatic carbocycles. The molecule has 0 aromatic heterocycles. The molecule has 6 nitrogen and oxygen atoms in total. The zero-order chi connectivity index (χ0) is 16.8. The highest BCUT2D eigenvalue weighted by molar-refractivity contribution is 5.99. The highest BCUT2D eigenvalue weighted by Gasteiger charge is 2.22. The van der Waals surface area contributed by atoms with E-state index >= 15 is 0 Å². The molecule has 6 heteroatoms. The molecule has 4 N–H and O–H groups in total. The quantitative estimate of drug-likeness (QED) is 0.722. The normalized spacial score (nSPS) is 19.0. The molecule has 1 unspecified atom stereocenters. The molecule has 1 aromatic rings. The van der Waals surface area contributed by atoms with E-state index in [0.717, 1.165) is 38.2 Å². The average Bonchev–Trinajstić information content (AvgIpc) is 2.79. The molecule has 1 amide bonds. The van der Waals surface area contributed by atoms with E-state index in [1.807, 2.05) is 0 Å². The van der Waals surface area contributed by atoms with Crippen LogP contribution in [0.5, 0.6) is 5.75 Å². The van der Waals surface area contributed by atoms with E-state index in [0.29, 0.717) is 17.0 Å². The van der Waals surface area contributed by atoms with Crippen molar-refractivity contribution in [3.05, 3.63) is 17.7 Å². The molecule has 0 radical (unpaired) electrons. The molecule has 1 saturated heterocycles. The van der Waals surface area contributed by atoms with Crippen LogP contribution in [0, 0.1) is 0 Å². The summed E-state index contributed by atoms with van der Waals surface area (Å²) in [4.78, 5) is 15.0. The number of hydrogen-bond acceptors (Lipinski definition) is 5. The van der Waals surface area contributed by atoms with E-state index < -0.39 is 0 Å². The van der Waals surface area contributed by atoms with Crippen LogP contribution in [-0.2, 0) is 0 Å². The first-order valence-electron chi connectivity index (χ1n) is 8.27. The Bertz CT molecular complexity index is 548. The fourth-order valence-electron chi connectivity index (χ4n) is 3.05. The van der Waals surface area contributed by atoms with E-state index in [1.165, 1.54) is 6.42 Å². The van der Waals surface area contributed by atoms with Crippen LogP contribution in [0.3, 0.4) is 0 Å². The molecule has 1 aliphatic rings. The number of likely N-dealkylation sites (tertiary alicyclic amines) is 1. The molecule has 0 aliphatic carbocycles. The third-order valence-corrected chi connectivity index (χ3v) is 4.42. The lowest BCUT2D eigenvalue weighted by molar-refractivity contribution is 0.0924. The number of hydrogen-bond donors (Lipinski definition) is 3. The predicted octanol–water partition coefficient (Wildman–Crippen LogP) is 1.92. The molecular weight excluding hydrogens is 292 g/mol. The molecule has 1 atom stereocenters. The van der Waals surface area contributed by atoms with Gasteiger partial charge in [0.2, 0.25) is 0 Å². The maximum Gasteiger partial charge on any atom is 0.255 e. The largest absolute Gasteiger partial charge is 0.496 e. The molecule has 0 spiro atoms. The Morgan fingerprint density at radius 1 is 1.43 bits per heavy atom. The van der Waals surface area contributed by atoms with Crippen molar-refractivity contribution in [3.63, 3.8) is 0 Å². The number of rotatable bonds is 5. The number of carbonyl (C=O) groups is 1. The van der Waals surface area contributed by atoms with Gasteiger partial charge in [-0.2, -0.15) is 0 Å². The summed E-state index contributed by atoms with van der Waals surface area (Å²) >= 11 is 0. The second-order valence-electron chi connectivity index (χ2n) is 5.95. The van der Waals surface area contributed by atoms with Crippen molar-refractivity contribution in [1.82, 2.24) is 10.2 Å². The fraction of sp³-hybridized carbons (Fsp3) is 0.588. The summed E-state index contributed by atoms with van der Waals surface area (Å²) < 4.78 is 5.35. The van der Waals surface area contributed by atoms with Gasteiger partial charge in [0, 0.05) is 25.7 Å². The molecule has 0 bridgehead atoms. The lowest BCUT2D eigenvalue weighted by Gasteiger charge is -2.24. The lowest BCUT2D eigenvalue weighted by Crippen LogP contribution is -2.42. The summed E-state index contributed by atoms with van der Waals surface area (Å²) in [6, 6.07) is 3.60. The smallest absolute Gasteiger partial charge is 0.255 e. The Morgan fingerprint density at radius 2 is 2.22 bits per heavy atom. The van der Waals surface area contributed by atoms with Gasteiger partial charge in [-0.05, 0) is 32.0 Å². The zero-order valence-electron chi connectivity index (χ0n) is 14.3. The van der Waals surface area contributed by atoms with Crippen LogP contribution >= 0.6 is 0 Å². The van der Waals surface area contributed by atoms with Gasteiger partial charge in [-0.1, -0.05) is 13.3 Å². The number of nitrogen functional groups attached to an aromatic ring is 1. The van der Waals surface area contributed by atoms with Gasteiger partial charge in [0.25, 0.3) is 5.91 Å². The van der Waals surface area contributed by atoms with Crippen LogP contribution in [0.15, 0.2) is 12.1 Å². The van der Waals surface area contributed by atoms with Crippen LogP contribution in [0.4, 0.5) is 11.4 Å². The van der Waals surface area contributed by atoms with Gasteiger partial charge in [0.05, 0.1) is 24.0 Å². The van der Waals surface area contributed by atoms with Crippen LogP contribution in [0.2, 0.25) is 0 Å². The van der Waals surface area contributed by atoms with Gasteiger partial charge < -0.3 is 26.0 Å². The van der Waals surface area contributed by atoms with Gasteiger partial charge in [0.15, 0.2) is 0 Å². The Balaban J connectivity index is 2.15. The first kappa shape index (κ1) is 17.4. The minimum atomic E-state index is -0.126. The number of nitrogens with one attached hydrogen (secondary N) is 2. The highest BCUT2D eigenvalue weighted by Crippen LogP contribution is 2.29. The first-order valence-corrected chi connectivity index (χ1v) is 8.27. The fourth-order valence-corrected chi connectivity index (χ4v) is 3.05. The number of methoxy groups -OCH3 is 1. The number of nitrogens with zero attached hydrogens (tertiary/aromatic N) is 1. The van der Waals surface area contributed by atoms with Gasteiger partial charge in [0.1, 0.15) is 5.75 Å². The van der Waals surface area contributed by atoms with Gasteiger partial charge in [-0.15, -0.1) is 0 Å². The van der Waals surface area contributed by atoms with Crippen LogP contribution in [0.25, 0.3) is 0 Å². The number of likely N-dealkylation sites (N-methyl/N-ethyl adjacent to an activating group) is 1. The van der Waals surface area contributed by atoms with Crippen molar-refractivity contribution >= 4 is 17.3 Å². The maximum atomic E-state index is 12.7. The van der Waals surface area contributed by atoms with Crippen LogP contribution < -0.4 is 21.1 Å². The van der Waals surface area contributed by atoms with Crippen molar-refractivity contribution in [2.75, 3.05) is 44.8 Å². The Hall–Kier alpha value is -1.95. The van der Waals surface area contributed by atoms with Crippen LogP contribution in [-0.4, -0.2) is 50.6 Å². The number of carbonyl (C=O) groups excluding carboxylic acids is 1. The van der Waals surface area contributed by atoms with E-state index in [-0.39, 0.29) is 11.9 Å². The molecule has 0 saturated carbocycles. The Labute approximate surface area is 138 Å². The topological polar surface area (TPSA) is 79.6 Å². The van der Waals surface area contributed by atoms with Crippen molar-refractivity contribution in [2.45, 2.75) is 32.2 Å². The van der Waals surface area contributed by atoms with Gasteiger partial charge >= 0.3 is 0 Å². The van der Waals surface area contributed by atoms with E-state index in [4.69, 9.17) is 10.5 Å². The SMILES string of the molecule is CCN1CCCCC(NC(=O)c2cc(N)c(NC)cc2OC)C1. The van der Waals surface area contributed by atoms with Gasteiger partial charge in [-0.3, -0.25) is 4.79 Å². The molecule has 1 heterocycles. The maximum absolute atomic E-state index is 12.7.